The number of anilines is 1. The monoisotopic (exact) mass is 439 g/mol. The Hall–Kier alpha value is -2.32. The molecule has 1 atom stereocenters. The van der Waals surface area contributed by atoms with Crippen LogP contribution in [0.15, 0.2) is 58.8 Å². The number of hydrogen-bond donors (Lipinski definition) is 0. The molecule has 4 rings (SSSR count). The van der Waals surface area contributed by atoms with Gasteiger partial charge in [-0.05, 0) is 37.1 Å². The molecule has 30 heavy (non-hydrogen) atoms. The van der Waals surface area contributed by atoms with E-state index in [4.69, 9.17) is 0 Å². The summed E-state index contributed by atoms with van der Waals surface area (Å²) in [6.07, 6.45) is 5.46. The molecule has 0 spiro atoms. The van der Waals surface area contributed by atoms with E-state index in [-0.39, 0.29) is 5.91 Å². The van der Waals surface area contributed by atoms with Crippen molar-refractivity contribution >= 4 is 35.1 Å². The van der Waals surface area contributed by atoms with Crippen LogP contribution in [0.25, 0.3) is 11.4 Å². The number of pyridine rings is 1. The van der Waals surface area contributed by atoms with Crippen molar-refractivity contribution < 1.29 is 4.79 Å². The summed E-state index contributed by atoms with van der Waals surface area (Å²) < 4.78 is 2.10. The zero-order valence-electron chi connectivity index (χ0n) is 17.2. The van der Waals surface area contributed by atoms with Gasteiger partial charge in [0.1, 0.15) is 0 Å². The summed E-state index contributed by atoms with van der Waals surface area (Å²) in [5.74, 6) is 1.27. The number of aromatic nitrogens is 4. The fourth-order valence-electron chi connectivity index (χ4n) is 3.49. The number of benzene rings is 1. The molecule has 156 valence electrons. The minimum absolute atomic E-state index is 0.110. The first kappa shape index (κ1) is 20.9. The summed E-state index contributed by atoms with van der Waals surface area (Å²) in [7, 11) is 0. The Bertz CT molecular complexity index is 1010. The smallest absolute Gasteiger partial charge is 0.237 e. The van der Waals surface area contributed by atoms with Crippen LogP contribution < -0.4 is 4.90 Å². The van der Waals surface area contributed by atoms with Crippen molar-refractivity contribution in [3.63, 3.8) is 0 Å². The van der Waals surface area contributed by atoms with Crippen LogP contribution in [0, 0.1) is 0 Å². The number of thioether (sulfide) groups is 2. The summed E-state index contributed by atoms with van der Waals surface area (Å²) in [5, 5.41) is 10.0. The molecule has 0 bridgehead atoms. The normalized spacial score (nSPS) is 16.2. The van der Waals surface area contributed by atoms with E-state index in [0.29, 0.717) is 11.0 Å². The van der Waals surface area contributed by atoms with Gasteiger partial charge in [0, 0.05) is 41.2 Å². The topological polar surface area (TPSA) is 63.9 Å². The molecule has 0 saturated carbocycles. The van der Waals surface area contributed by atoms with Gasteiger partial charge in [0.25, 0.3) is 0 Å². The lowest BCUT2D eigenvalue weighted by atomic mass is 10.2. The van der Waals surface area contributed by atoms with Gasteiger partial charge in [0.05, 0.1) is 11.4 Å². The van der Waals surface area contributed by atoms with Crippen LogP contribution >= 0.6 is 23.5 Å². The van der Waals surface area contributed by atoms with Crippen LogP contribution in [0.2, 0.25) is 0 Å². The van der Waals surface area contributed by atoms with Crippen LogP contribution in [0.5, 0.6) is 0 Å². The minimum Gasteiger partial charge on any atom is -0.311 e. The molecular formula is C22H25N5OS2. The lowest BCUT2D eigenvalue weighted by Crippen LogP contribution is -2.33. The predicted octanol–water partition coefficient (Wildman–Crippen LogP) is 4.76. The maximum Gasteiger partial charge on any atom is 0.237 e. The zero-order valence-corrected chi connectivity index (χ0v) is 18.8. The average molecular weight is 440 g/mol. The fraction of sp³-hybridized carbons (Fsp3) is 0.364. The van der Waals surface area contributed by atoms with Gasteiger partial charge in [-0.1, -0.05) is 37.7 Å². The zero-order chi connectivity index (χ0) is 20.9. The van der Waals surface area contributed by atoms with Crippen molar-refractivity contribution in [2.75, 3.05) is 17.2 Å². The van der Waals surface area contributed by atoms with Gasteiger partial charge in [-0.25, -0.2) is 0 Å². The third-order valence-corrected chi connectivity index (χ3v) is 7.16. The van der Waals surface area contributed by atoms with Gasteiger partial charge in [0.15, 0.2) is 11.0 Å². The third-order valence-electron chi connectivity index (χ3n) is 4.97. The van der Waals surface area contributed by atoms with Crippen LogP contribution in [-0.4, -0.2) is 43.2 Å². The molecule has 0 saturated heterocycles. The van der Waals surface area contributed by atoms with E-state index in [1.165, 1.54) is 16.7 Å². The lowest BCUT2D eigenvalue weighted by molar-refractivity contribution is -0.116. The second-order valence-electron chi connectivity index (χ2n) is 7.21. The standard InChI is InChI=1S/C22H25N5OS2/c1-3-13-27-21(17-8-11-23-12-9-17)24-25-22(27)29-15-20(28)26-14-10-16(2)30-19-7-5-4-6-18(19)26/h4-9,11-12,16H,3,10,13-15H2,1-2H3. The van der Waals surface area contributed by atoms with Gasteiger partial charge in [-0.15, -0.1) is 22.0 Å². The predicted molar refractivity (Wildman–Crippen MR) is 123 cm³/mol. The van der Waals surface area contributed by atoms with E-state index < -0.39 is 0 Å². The molecule has 0 aliphatic carbocycles. The Morgan fingerprint density at radius 3 is 2.80 bits per heavy atom. The Balaban J connectivity index is 1.52. The molecule has 8 heteroatoms. The van der Waals surface area contributed by atoms with E-state index in [1.807, 2.05) is 47.0 Å². The van der Waals surface area contributed by atoms with Gasteiger partial charge >= 0.3 is 0 Å². The van der Waals surface area contributed by atoms with Crippen LogP contribution in [0.3, 0.4) is 0 Å². The van der Waals surface area contributed by atoms with Crippen LogP contribution in [0.1, 0.15) is 26.7 Å². The molecule has 2 aromatic heterocycles. The Labute approximate surface area is 185 Å². The van der Waals surface area contributed by atoms with E-state index in [9.17, 15) is 4.79 Å². The van der Waals surface area contributed by atoms with E-state index in [0.717, 1.165) is 48.2 Å². The second-order valence-corrected chi connectivity index (χ2v) is 9.64. The summed E-state index contributed by atoms with van der Waals surface area (Å²) >= 11 is 3.31. The van der Waals surface area contributed by atoms with Gasteiger partial charge < -0.3 is 9.47 Å². The summed E-state index contributed by atoms with van der Waals surface area (Å²) in [6, 6.07) is 12.1. The van der Waals surface area contributed by atoms with E-state index in [1.54, 1.807) is 12.4 Å². The van der Waals surface area contributed by atoms with Crippen molar-refractivity contribution in [3.05, 3.63) is 48.8 Å². The highest BCUT2D eigenvalue weighted by Gasteiger charge is 2.25. The Kier molecular flexibility index (Phi) is 6.74. The molecule has 0 fully saturated rings. The SMILES string of the molecule is CCCn1c(SCC(=O)N2CCC(C)Sc3ccccc32)nnc1-c1ccncc1. The van der Waals surface area contributed by atoms with Crippen molar-refractivity contribution in [2.45, 2.75) is 48.5 Å². The third kappa shape index (κ3) is 4.54. The first-order chi connectivity index (χ1) is 14.7. The highest BCUT2D eigenvalue weighted by atomic mass is 32.2. The van der Waals surface area contributed by atoms with Crippen molar-refractivity contribution in [2.24, 2.45) is 0 Å². The maximum atomic E-state index is 13.2. The first-order valence-electron chi connectivity index (χ1n) is 10.2. The quantitative estimate of drug-likeness (QED) is 0.516. The van der Waals surface area contributed by atoms with Gasteiger partial charge in [-0.2, -0.15) is 0 Å². The molecule has 3 aromatic rings. The van der Waals surface area contributed by atoms with E-state index >= 15 is 0 Å². The highest BCUT2D eigenvalue weighted by Crippen LogP contribution is 2.37. The molecule has 1 aliphatic heterocycles. The number of nitrogens with zero attached hydrogens (tertiary/aromatic N) is 5. The Morgan fingerprint density at radius 1 is 1.20 bits per heavy atom. The van der Waals surface area contributed by atoms with Crippen molar-refractivity contribution in [3.8, 4) is 11.4 Å². The fourth-order valence-corrected chi connectivity index (χ4v) is 5.44. The number of fused-ring (bicyclic) bond motifs is 1. The number of carbonyl (C=O) groups excluding carboxylic acids is 1. The maximum absolute atomic E-state index is 13.2. The number of hydrogen-bond acceptors (Lipinski definition) is 6. The molecule has 0 radical (unpaired) electrons. The molecule has 6 nitrogen and oxygen atoms in total. The van der Waals surface area contributed by atoms with Gasteiger partial charge in [-0.3, -0.25) is 9.78 Å². The average Bonchev–Trinajstić information content (AvgIpc) is 3.08. The van der Waals surface area contributed by atoms with Gasteiger partial charge in [0.2, 0.25) is 5.91 Å². The molecule has 1 aromatic carbocycles. The molecule has 3 heterocycles. The first-order valence-corrected chi connectivity index (χ1v) is 12.1. The molecule has 1 unspecified atom stereocenters. The van der Waals surface area contributed by atoms with Crippen molar-refractivity contribution in [1.29, 1.82) is 0 Å². The number of para-hydroxylation sites is 1. The molecule has 0 N–H and O–H groups in total. The summed E-state index contributed by atoms with van der Waals surface area (Å²) in [5.41, 5.74) is 2.00. The molecule has 1 aliphatic rings. The van der Waals surface area contributed by atoms with Crippen LogP contribution in [0.4, 0.5) is 5.69 Å². The highest BCUT2D eigenvalue weighted by molar-refractivity contribution is 8.00. The van der Waals surface area contributed by atoms with Crippen LogP contribution in [-0.2, 0) is 11.3 Å². The molecule has 1 amide bonds. The summed E-state index contributed by atoms with van der Waals surface area (Å²) in [4.78, 5) is 20.4. The summed E-state index contributed by atoms with van der Waals surface area (Å²) in [6.45, 7) is 5.90. The minimum atomic E-state index is 0.110. The lowest BCUT2D eigenvalue weighted by Gasteiger charge is -2.22. The Morgan fingerprint density at radius 2 is 2.00 bits per heavy atom. The number of rotatable bonds is 6. The largest absolute Gasteiger partial charge is 0.311 e. The number of amides is 1. The van der Waals surface area contributed by atoms with Crippen molar-refractivity contribution in [1.82, 2.24) is 19.7 Å². The number of carbonyl (C=O) groups is 1. The molecular weight excluding hydrogens is 414 g/mol. The second kappa shape index (κ2) is 9.66. The van der Waals surface area contributed by atoms with E-state index in [2.05, 4.69) is 39.7 Å².